The fourth-order valence-electron chi connectivity index (χ4n) is 3.20. The number of halogens is 1. The van der Waals surface area contributed by atoms with Crippen molar-refractivity contribution in [1.82, 2.24) is 20.0 Å². The molecule has 1 fully saturated rings. The minimum absolute atomic E-state index is 0.237. The van der Waals surface area contributed by atoms with E-state index in [0.29, 0.717) is 18.0 Å². The van der Waals surface area contributed by atoms with E-state index in [1.54, 1.807) is 18.2 Å². The molecule has 5 nitrogen and oxygen atoms in total. The zero-order valence-electron chi connectivity index (χ0n) is 14.5. The Morgan fingerprint density at radius 2 is 1.46 bits per heavy atom. The Balaban J connectivity index is 1.32. The molecule has 0 atom stereocenters. The predicted molar refractivity (Wildman–Crippen MR) is 96.7 cm³/mol. The minimum atomic E-state index is -0.350. The van der Waals surface area contributed by atoms with Gasteiger partial charge in [0.1, 0.15) is 5.82 Å². The Morgan fingerprint density at radius 1 is 0.808 bits per heavy atom. The molecule has 1 aliphatic heterocycles. The van der Waals surface area contributed by atoms with Gasteiger partial charge in [-0.1, -0.05) is 42.5 Å². The highest BCUT2D eigenvalue weighted by Gasteiger charge is 2.20. The highest BCUT2D eigenvalue weighted by molar-refractivity contribution is 5.53. The van der Waals surface area contributed by atoms with Crippen molar-refractivity contribution in [2.45, 2.75) is 13.1 Å². The van der Waals surface area contributed by atoms with Gasteiger partial charge in [0.15, 0.2) is 0 Å². The first-order valence-electron chi connectivity index (χ1n) is 8.84. The smallest absolute Gasteiger partial charge is 0.250 e. The molecule has 26 heavy (non-hydrogen) atoms. The molecule has 6 heteroatoms. The lowest BCUT2D eigenvalue weighted by atomic mass is 10.2. The summed E-state index contributed by atoms with van der Waals surface area (Å²) in [6.07, 6.45) is 0. The molecule has 0 saturated carbocycles. The van der Waals surface area contributed by atoms with E-state index in [-0.39, 0.29) is 11.7 Å². The van der Waals surface area contributed by atoms with Gasteiger partial charge >= 0.3 is 0 Å². The molecule has 1 aromatic heterocycles. The molecule has 2 aromatic carbocycles. The van der Waals surface area contributed by atoms with E-state index in [1.165, 1.54) is 11.6 Å². The van der Waals surface area contributed by atoms with E-state index in [9.17, 15) is 4.39 Å². The first-order valence-corrected chi connectivity index (χ1v) is 8.84. The molecule has 4 rings (SSSR count). The summed E-state index contributed by atoms with van der Waals surface area (Å²) in [4.78, 5) is 4.74. The molecule has 2 heterocycles. The van der Waals surface area contributed by atoms with E-state index in [0.717, 1.165) is 32.7 Å². The molecular formula is C20H21FN4O. The van der Waals surface area contributed by atoms with Gasteiger partial charge in [-0.2, -0.15) is 0 Å². The fourth-order valence-corrected chi connectivity index (χ4v) is 3.20. The molecular weight excluding hydrogens is 331 g/mol. The van der Waals surface area contributed by atoms with Crippen molar-refractivity contribution in [2.75, 3.05) is 26.2 Å². The Kier molecular flexibility index (Phi) is 5.04. The highest BCUT2D eigenvalue weighted by Crippen LogP contribution is 2.21. The van der Waals surface area contributed by atoms with Gasteiger partial charge in [-0.3, -0.25) is 9.80 Å². The summed E-state index contributed by atoms with van der Waals surface area (Å²) in [6.45, 7) is 5.48. The first kappa shape index (κ1) is 16.9. The van der Waals surface area contributed by atoms with Crippen molar-refractivity contribution in [2.24, 2.45) is 0 Å². The summed E-state index contributed by atoms with van der Waals surface area (Å²) in [5.41, 5.74) is 1.69. The third-order valence-electron chi connectivity index (χ3n) is 4.64. The largest absolute Gasteiger partial charge is 0.419 e. The van der Waals surface area contributed by atoms with Crippen LogP contribution in [0.3, 0.4) is 0 Å². The van der Waals surface area contributed by atoms with Gasteiger partial charge in [0, 0.05) is 32.7 Å². The summed E-state index contributed by atoms with van der Waals surface area (Å²) in [5, 5.41) is 8.07. The maximum absolute atomic E-state index is 13.8. The Bertz CT molecular complexity index is 844. The summed E-state index contributed by atoms with van der Waals surface area (Å²) >= 11 is 0. The molecule has 1 saturated heterocycles. The molecule has 0 radical (unpaired) electrons. The number of nitrogens with zero attached hydrogens (tertiary/aromatic N) is 4. The number of rotatable bonds is 5. The number of hydrogen-bond acceptors (Lipinski definition) is 5. The number of benzene rings is 2. The van der Waals surface area contributed by atoms with E-state index in [4.69, 9.17) is 4.42 Å². The molecule has 134 valence electrons. The van der Waals surface area contributed by atoms with Crippen LogP contribution in [0, 0.1) is 5.82 Å². The highest BCUT2D eigenvalue weighted by atomic mass is 19.1. The van der Waals surface area contributed by atoms with Crippen LogP contribution >= 0.6 is 0 Å². The topological polar surface area (TPSA) is 45.4 Å². The molecule has 0 amide bonds. The van der Waals surface area contributed by atoms with Crippen molar-refractivity contribution in [3.63, 3.8) is 0 Å². The van der Waals surface area contributed by atoms with Crippen molar-refractivity contribution in [3.8, 4) is 11.5 Å². The van der Waals surface area contributed by atoms with Crippen LogP contribution in [-0.4, -0.2) is 46.2 Å². The summed E-state index contributed by atoms with van der Waals surface area (Å²) in [5.74, 6) is 0.415. The molecule has 0 N–H and O–H groups in total. The number of piperazine rings is 1. The molecule has 0 spiro atoms. The third-order valence-corrected chi connectivity index (χ3v) is 4.64. The fraction of sp³-hybridized carbons (Fsp3) is 0.300. The lowest BCUT2D eigenvalue weighted by molar-refractivity contribution is 0.114. The predicted octanol–water partition coefficient (Wildman–Crippen LogP) is 3.19. The Morgan fingerprint density at radius 3 is 2.19 bits per heavy atom. The SMILES string of the molecule is Fc1ccccc1-c1nnc(CN2CCN(Cc3ccccc3)CC2)o1. The van der Waals surface area contributed by atoms with Crippen LogP contribution in [0.1, 0.15) is 11.5 Å². The lowest BCUT2D eigenvalue weighted by Gasteiger charge is -2.33. The second-order valence-electron chi connectivity index (χ2n) is 6.52. The normalized spacial score (nSPS) is 16.0. The molecule has 1 aliphatic rings. The monoisotopic (exact) mass is 352 g/mol. The standard InChI is InChI=1S/C20H21FN4O/c21-18-9-5-4-8-17(18)20-23-22-19(26-20)15-25-12-10-24(11-13-25)14-16-6-2-1-3-7-16/h1-9H,10-15H2. The van der Waals surface area contributed by atoms with Gasteiger partial charge in [0.25, 0.3) is 5.89 Å². The van der Waals surface area contributed by atoms with Crippen LogP contribution in [0.5, 0.6) is 0 Å². The second-order valence-corrected chi connectivity index (χ2v) is 6.52. The summed E-state index contributed by atoms with van der Waals surface area (Å²) in [7, 11) is 0. The number of aromatic nitrogens is 2. The Hall–Kier alpha value is -2.57. The van der Waals surface area contributed by atoms with Gasteiger partial charge in [0.05, 0.1) is 12.1 Å². The zero-order chi connectivity index (χ0) is 17.8. The van der Waals surface area contributed by atoms with Gasteiger partial charge in [-0.25, -0.2) is 4.39 Å². The van der Waals surface area contributed by atoms with E-state index in [1.807, 2.05) is 6.07 Å². The third kappa shape index (κ3) is 3.98. The molecule has 0 aliphatic carbocycles. The van der Waals surface area contributed by atoms with E-state index >= 15 is 0 Å². The summed E-state index contributed by atoms with van der Waals surface area (Å²) in [6, 6.07) is 17.0. The minimum Gasteiger partial charge on any atom is -0.419 e. The summed E-state index contributed by atoms with van der Waals surface area (Å²) < 4.78 is 19.5. The lowest BCUT2D eigenvalue weighted by Crippen LogP contribution is -2.45. The maximum atomic E-state index is 13.8. The van der Waals surface area contributed by atoms with Gasteiger partial charge in [-0.15, -0.1) is 10.2 Å². The zero-order valence-corrected chi connectivity index (χ0v) is 14.5. The first-order chi connectivity index (χ1) is 12.8. The average Bonchev–Trinajstić information content (AvgIpc) is 3.13. The molecule has 0 unspecified atom stereocenters. The van der Waals surface area contributed by atoms with Gasteiger partial charge < -0.3 is 4.42 Å². The van der Waals surface area contributed by atoms with Crippen LogP contribution in [0.15, 0.2) is 59.0 Å². The Labute approximate surface area is 152 Å². The van der Waals surface area contributed by atoms with Crippen LogP contribution in [0.2, 0.25) is 0 Å². The number of hydrogen-bond donors (Lipinski definition) is 0. The van der Waals surface area contributed by atoms with Crippen molar-refractivity contribution >= 4 is 0 Å². The van der Waals surface area contributed by atoms with Crippen molar-refractivity contribution < 1.29 is 8.81 Å². The molecule has 0 bridgehead atoms. The van der Waals surface area contributed by atoms with Crippen LogP contribution < -0.4 is 0 Å². The average molecular weight is 352 g/mol. The second kappa shape index (κ2) is 7.76. The van der Waals surface area contributed by atoms with Gasteiger partial charge in [0.2, 0.25) is 5.89 Å². The molecule has 3 aromatic rings. The maximum Gasteiger partial charge on any atom is 0.250 e. The van der Waals surface area contributed by atoms with Crippen LogP contribution in [0.4, 0.5) is 4.39 Å². The quantitative estimate of drug-likeness (QED) is 0.706. The van der Waals surface area contributed by atoms with Crippen LogP contribution in [0.25, 0.3) is 11.5 Å². The van der Waals surface area contributed by atoms with Crippen LogP contribution in [-0.2, 0) is 13.1 Å². The van der Waals surface area contributed by atoms with Crippen molar-refractivity contribution in [3.05, 3.63) is 71.9 Å². The van der Waals surface area contributed by atoms with Crippen molar-refractivity contribution in [1.29, 1.82) is 0 Å². The van der Waals surface area contributed by atoms with Gasteiger partial charge in [-0.05, 0) is 17.7 Å². The van der Waals surface area contributed by atoms with E-state index in [2.05, 4.69) is 44.3 Å². The van der Waals surface area contributed by atoms with E-state index < -0.39 is 0 Å².